The predicted molar refractivity (Wildman–Crippen MR) is 110 cm³/mol. The lowest BCUT2D eigenvalue weighted by atomic mass is 9.85. The van der Waals surface area contributed by atoms with Crippen LogP contribution in [0.4, 0.5) is 0 Å². The Bertz CT molecular complexity index is 357. The van der Waals surface area contributed by atoms with Crippen molar-refractivity contribution in [1.82, 2.24) is 20.4 Å². The molecule has 25 heavy (non-hydrogen) atoms. The number of amides is 1. The maximum atomic E-state index is 12.1. The van der Waals surface area contributed by atoms with Gasteiger partial charge >= 0.3 is 0 Å². The number of hydrogen-bond acceptors (Lipinski definition) is 4. The fourth-order valence-corrected chi connectivity index (χ4v) is 3.91. The first-order valence-electron chi connectivity index (χ1n) is 9.42. The number of carbonyl (C=O) groups excluding carboxylic acids is 1. The molecule has 2 N–H and O–H groups in total. The van der Waals surface area contributed by atoms with Gasteiger partial charge in [-0.15, -0.1) is 24.8 Å². The molecule has 2 unspecified atom stereocenters. The lowest BCUT2D eigenvalue weighted by Crippen LogP contribution is -2.44. The summed E-state index contributed by atoms with van der Waals surface area (Å²) in [4.78, 5) is 16.9. The van der Waals surface area contributed by atoms with Gasteiger partial charge in [-0.05, 0) is 77.8 Å². The first-order valence-corrected chi connectivity index (χ1v) is 9.42. The van der Waals surface area contributed by atoms with E-state index in [2.05, 4.69) is 41.5 Å². The van der Waals surface area contributed by atoms with Crippen LogP contribution < -0.4 is 10.6 Å². The third-order valence-corrected chi connectivity index (χ3v) is 5.68. The highest BCUT2D eigenvalue weighted by Crippen LogP contribution is 2.22. The molecule has 2 heterocycles. The smallest absolute Gasteiger partial charge is 0.220 e. The number of halogens is 2. The summed E-state index contributed by atoms with van der Waals surface area (Å²) in [5, 5.41) is 6.57. The average molecular weight is 397 g/mol. The van der Waals surface area contributed by atoms with Crippen LogP contribution in [0.15, 0.2) is 0 Å². The minimum atomic E-state index is 0. The van der Waals surface area contributed by atoms with Crippen LogP contribution in [0.25, 0.3) is 0 Å². The second-order valence-corrected chi connectivity index (χ2v) is 7.67. The number of piperidine rings is 2. The van der Waals surface area contributed by atoms with Gasteiger partial charge in [0.15, 0.2) is 0 Å². The van der Waals surface area contributed by atoms with Crippen molar-refractivity contribution in [3.63, 3.8) is 0 Å². The maximum Gasteiger partial charge on any atom is 0.220 e. The fraction of sp³-hybridized carbons (Fsp3) is 0.944. The maximum absolute atomic E-state index is 12.1. The van der Waals surface area contributed by atoms with E-state index in [1.54, 1.807) is 0 Å². The Hall–Kier alpha value is -0.0700. The molecule has 2 atom stereocenters. The number of carbonyl (C=O) groups is 1. The van der Waals surface area contributed by atoms with E-state index in [1.165, 1.54) is 25.7 Å². The molecule has 5 nitrogen and oxygen atoms in total. The molecule has 7 heteroatoms. The Labute approximate surface area is 166 Å². The summed E-state index contributed by atoms with van der Waals surface area (Å²) in [5.74, 6) is 1.38. The van der Waals surface area contributed by atoms with Crippen LogP contribution in [-0.2, 0) is 4.79 Å². The van der Waals surface area contributed by atoms with Crippen LogP contribution in [-0.4, -0.2) is 75.1 Å². The predicted octanol–water partition coefficient (Wildman–Crippen LogP) is 2.00. The van der Waals surface area contributed by atoms with Crippen molar-refractivity contribution in [2.45, 2.75) is 45.1 Å². The lowest BCUT2D eigenvalue weighted by Gasteiger charge is -2.35. The molecule has 2 saturated heterocycles. The van der Waals surface area contributed by atoms with Crippen LogP contribution in [0.1, 0.15) is 39.0 Å². The summed E-state index contributed by atoms with van der Waals surface area (Å²) in [6, 6.07) is 0.728. The van der Waals surface area contributed by atoms with Gasteiger partial charge in [0.05, 0.1) is 0 Å². The Kier molecular flexibility index (Phi) is 13.1. The summed E-state index contributed by atoms with van der Waals surface area (Å²) in [5.41, 5.74) is 0. The standard InChI is InChI=1S/C18H36N4O.2ClH/c1-15(16-5-4-8-19-14-16)13-18(23)20-9-12-22-10-6-17(7-11-22)21(2)3;;/h15-17,19H,4-14H2,1-3H3,(H,20,23);2*1H. The minimum absolute atomic E-state index is 0. The number of rotatable bonds is 7. The van der Waals surface area contributed by atoms with E-state index in [1.807, 2.05) is 0 Å². The summed E-state index contributed by atoms with van der Waals surface area (Å²) in [6.07, 6.45) is 5.68. The first kappa shape index (κ1) is 24.9. The average Bonchev–Trinajstić information content (AvgIpc) is 2.56. The van der Waals surface area contributed by atoms with E-state index in [0.29, 0.717) is 18.3 Å². The van der Waals surface area contributed by atoms with Crippen molar-refractivity contribution in [3.05, 3.63) is 0 Å². The Balaban J connectivity index is 0.00000288. The highest BCUT2D eigenvalue weighted by molar-refractivity contribution is 5.85. The monoisotopic (exact) mass is 396 g/mol. The quantitative estimate of drug-likeness (QED) is 0.690. The van der Waals surface area contributed by atoms with Crippen LogP contribution in [0.5, 0.6) is 0 Å². The fourth-order valence-electron chi connectivity index (χ4n) is 3.91. The highest BCUT2D eigenvalue weighted by atomic mass is 35.5. The molecular formula is C18H38Cl2N4O. The zero-order valence-corrected chi connectivity index (χ0v) is 17.8. The van der Waals surface area contributed by atoms with Gasteiger partial charge in [-0.3, -0.25) is 4.79 Å². The molecule has 0 aliphatic carbocycles. The van der Waals surface area contributed by atoms with E-state index in [4.69, 9.17) is 0 Å². The molecule has 0 spiro atoms. The molecule has 0 aromatic carbocycles. The molecule has 2 aliphatic rings. The summed E-state index contributed by atoms with van der Waals surface area (Å²) in [6.45, 7) is 8.54. The number of hydrogen-bond donors (Lipinski definition) is 2. The molecule has 2 aliphatic heterocycles. The number of likely N-dealkylation sites (tertiary alicyclic amines) is 1. The van der Waals surface area contributed by atoms with E-state index in [-0.39, 0.29) is 30.7 Å². The summed E-state index contributed by atoms with van der Waals surface area (Å²) >= 11 is 0. The van der Waals surface area contributed by atoms with Gasteiger partial charge in [-0.1, -0.05) is 6.92 Å². The normalized spacial score (nSPS) is 23.4. The topological polar surface area (TPSA) is 47.6 Å². The number of nitrogens with zero attached hydrogens (tertiary/aromatic N) is 2. The minimum Gasteiger partial charge on any atom is -0.355 e. The largest absolute Gasteiger partial charge is 0.355 e. The van der Waals surface area contributed by atoms with E-state index in [0.717, 1.165) is 45.3 Å². The van der Waals surface area contributed by atoms with E-state index < -0.39 is 0 Å². The van der Waals surface area contributed by atoms with Gasteiger partial charge in [-0.2, -0.15) is 0 Å². The number of nitrogens with one attached hydrogen (secondary N) is 2. The molecule has 0 aromatic rings. The van der Waals surface area contributed by atoms with Gasteiger partial charge in [0, 0.05) is 25.6 Å². The van der Waals surface area contributed by atoms with Crippen molar-refractivity contribution in [1.29, 1.82) is 0 Å². The third kappa shape index (κ3) is 8.91. The molecule has 0 radical (unpaired) electrons. The zero-order chi connectivity index (χ0) is 16.7. The Morgan fingerprint density at radius 2 is 1.92 bits per heavy atom. The van der Waals surface area contributed by atoms with Gasteiger partial charge in [-0.25, -0.2) is 0 Å². The van der Waals surface area contributed by atoms with E-state index in [9.17, 15) is 4.79 Å². The molecule has 0 aromatic heterocycles. The van der Waals surface area contributed by atoms with Crippen molar-refractivity contribution in [2.75, 3.05) is 53.4 Å². The second kappa shape index (κ2) is 13.2. The molecule has 1 amide bonds. The van der Waals surface area contributed by atoms with Crippen molar-refractivity contribution in [2.24, 2.45) is 11.8 Å². The van der Waals surface area contributed by atoms with Crippen LogP contribution in [0, 0.1) is 11.8 Å². The van der Waals surface area contributed by atoms with Gasteiger partial charge < -0.3 is 20.4 Å². The molecule has 2 fully saturated rings. The third-order valence-electron chi connectivity index (χ3n) is 5.68. The van der Waals surface area contributed by atoms with Crippen LogP contribution in [0.3, 0.4) is 0 Å². The molecule has 0 bridgehead atoms. The molecule has 0 saturated carbocycles. The van der Waals surface area contributed by atoms with Gasteiger partial charge in [0.2, 0.25) is 5.91 Å². The van der Waals surface area contributed by atoms with Crippen LogP contribution in [0.2, 0.25) is 0 Å². The zero-order valence-electron chi connectivity index (χ0n) is 16.1. The summed E-state index contributed by atoms with van der Waals surface area (Å²) in [7, 11) is 4.34. The first-order chi connectivity index (χ1) is 11.1. The second-order valence-electron chi connectivity index (χ2n) is 7.67. The van der Waals surface area contributed by atoms with Crippen molar-refractivity contribution in [3.8, 4) is 0 Å². The van der Waals surface area contributed by atoms with Gasteiger partial charge in [0.1, 0.15) is 0 Å². The SMILES string of the molecule is CC(CC(=O)NCCN1CCC(N(C)C)CC1)C1CCCNC1.Cl.Cl. The summed E-state index contributed by atoms with van der Waals surface area (Å²) < 4.78 is 0. The molecule has 150 valence electrons. The molecule has 2 rings (SSSR count). The Morgan fingerprint density at radius 3 is 2.48 bits per heavy atom. The molecular weight excluding hydrogens is 359 g/mol. The highest BCUT2D eigenvalue weighted by Gasteiger charge is 2.22. The van der Waals surface area contributed by atoms with Crippen molar-refractivity contribution < 1.29 is 4.79 Å². The Morgan fingerprint density at radius 1 is 1.24 bits per heavy atom. The van der Waals surface area contributed by atoms with Crippen LogP contribution >= 0.6 is 24.8 Å². The van der Waals surface area contributed by atoms with Crippen molar-refractivity contribution >= 4 is 30.7 Å². The lowest BCUT2D eigenvalue weighted by molar-refractivity contribution is -0.122. The van der Waals surface area contributed by atoms with Gasteiger partial charge in [0.25, 0.3) is 0 Å². The van der Waals surface area contributed by atoms with E-state index >= 15 is 0 Å².